The number of benzene rings is 2. The number of aromatic nitrogens is 1. The van der Waals surface area contributed by atoms with Crippen LogP contribution in [0.4, 0.5) is 8.78 Å². The summed E-state index contributed by atoms with van der Waals surface area (Å²) in [5.41, 5.74) is 3.01. The van der Waals surface area contributed by atoms with Crippen molar-refractivity contribution in [3.05, 3.63) is 107 Å². The van der Waals surface area contributed by atoms with Crippen LogP contribution in [0.3, 0.4) is 0 Å². The molecule has 2 heterocycles. The van der Waals surface area contributed by atoms with Gasteiger partial charge < -0.3 is 10.4 Å². The highest BCUT2D eigenvalue weighted by Gasteiger charge is 2.24. The third-order valence-corrected chi connectivity index (χ3v) is 5.60. The largest absolute Gasteiger partial charge is 0.393 e. The predicted octanol–water partition coefficient (Wildman–Crippen LogP) is 4.36. The number of aliphatic hydroxyl groups is 1. The molecule has 1 aromatic heterocycles. The molecule has 3 aromatic rings. The maximum Gasteiger partial charge on any atom is 0.252 e. The Morgan fingerprint density at radius 1 is 1.09 bits per heavy atom. The maximum atomic E-state index is 14.9. The van der Waals surface area contributed by atoms with Gasteiger partial charge in [0.15, 0.2) is 0 Å². The SMILES string of the molecule is C[C@H](O)C[C@@H](Cc1ccccn1)NC(=O)c1cccc(F)c1C1=NCC(c2ccc(F)cc2)=C1. The van der Waals surface area contributed by atoms with E-state index in [1.807, 2.05) is 12.1 Å². The second kappa shape index (κ2) is 10.5. The average molecular weight is 462 g/mol. The summed E-state index contributed by atoms with van der Waals surface area (Å²) in [5.74, 6) is -1.35. The number of rotatable bonds is 8. The average Bonchev–Trinajstić information content (AvgIpc) is 3.29. The predicted molar refractivity (Wildman–Crippen MR) is 128 cm³/mol. The van der Waals surface area contributed by atoms with Gasteiger partial charge in [0.25, 0.3) is 5.91 Å². The molecular formula is C27H25F2N3O2. The van der Waals surface area contributed by atoms with E-state index in [9.17, 15) is 18.7 Å². The van der Waals surface area contributed by atoms with Gasteiger partial charge in [0.2, 0.25) is 0 Å². The number of carbonyl (C=O) groups excluding carboxylic acids is 1. The first-order chi connectivity index (χ1) is 16.4. The molecule has 1 aliphatic heterocycles. The molecule has 1 amide bonds. The van der Waals surface area contributed by atoms with Gasteiger partial charge in [-0.2, -0.15) is 0 Å². The molecule has 2 aromatic carbocycles. The van der Waals surface area contributed by atoms with E-state index in [1.165, 1.54) is 24.3 Å². The van der Waals surface area contributed by atoms with Crippen LogP contribution in [-0.4, -0.2) is 40.4 Å². The molecule has 4 rings (SSSR count). The molecule has 34 heavy (non-hydrogen) atoms. The van der Waals surface area contributed by atoms with Crippen molar-refractivity contribution in [2.75, 3.05) is 6.54 Å². The third kappa shape index (κ3) is 5.61. The number of halogens is 2. The van der Waals surface area contributed by atoms with E-state index in [0.29, 0.717) is 25.1 Å². The zero-order valence-electron chi connectivity index (χ0n) is 18.7. The molecule has 174 valence electrons. The molecule has 0 unspecified atom stereocenters. The lowest BCUT2D eigenvalue weighted by Crippen LogP contribution is -2.39. The Morgan fingerprint density at radius 3 is 2.59 bits per heavy atom. The zero-order valence-corrected chi connectivity index (χ0v) is 18.7. The van der Waals surface area contributed by atoms with Crippen molar-refractivity contribution >= 4 is 17.2 Å². The van der Waals surface area contributed by atoms with Crippen LogP contribution in [0, 0.1) is 11.6 Å². The number of nitrogens with zero attached hydrogens (tertiary/aromatic N) is 2. The fraction of sp³-hybridized carbons (Fsp3) is 0.222. The highest BCUT2D eigenvalue weighted by molar-refractivity contribution is 6.19. The van der Waals surface area contributed by atoms with Gasteiger partial charge in [-0.05, 0) is 67.0 Å². The van der Waals surface area contributed by atoms with Gasteiger partial charge in [-0.1, -0.05) is 24.3 Å². The minimum absolute atomic E-state index is 0.116. The minimum atomic E-state index is -0.638. The van der Waals surface area contributed by atoms with E-state index in [0.717, 1.165) is 16.8 Å². The number of amides is 1. The monoisotopic (exact) mass is 461 g/mol. The first-order valence-corrected chi connectivity index (χ1v) is 11.1. The van der Waals surface area contributed by atoms with Crippen LogP contribution in [0.15, 0.2) is 77.9 Å². The highest BCUT2D eigenvalue weighted by atomic mass is 19.1. The molecule has 0 saturated carbocycles. The Hall–Kier alpha value is -3.71. The van der Waals surface area contributed by atoms with Crippen LogP contribution in [0.2, 0.25) is 0 Å². The molecule has 0 spiro atoms. The van der Waals surface area contributed by atoms with Crippen molar-refractivity contribution in [1.29, 1.82) is 0 Å². The number of allylic oxidation sites excluding steroid dienone is 1. The number of hydrogen-bond donors (Lipinski definition) is 2. The second-order valence-electron chi connectivity index (χ2n) is 8.32. The normalized spacial score (nSPS) is 14.8. The van der Waals surface area contributed by atoms with Crippen molar-refractivity contribution in [1.82, 2.24) is 10.3 Å². The van der Waals surface area contributed by atoms with Gasteiger partial charge in [-0.25, -0.2) is 8.78 Å². The Labute approximate surface area is 196 Å². The standard InChI is InChI=1S/C27H25F2N3O2/c1-17(33)13-22(15-21-5-2-3-12-30-21)32-27(34)23-6-4-7-24(29)26(23)25-14-19(16-31-25)18-8-10-20(28)11-9-18/h2-12,14,17,22,33H,13,15-16H2,1H3,(H,32,34)/t17-,22-/m0/s1. The van der Waals surface area contributed by atoms with E-state index in [1.54, 1.807) is 43.5 Å². The Balaban J connectivity index is 1.59. The van der Waals surface area contributed by atoms with Gasteiger partial charge in [0.05, 0.1) is 23.9 Å². The van der Waals surface area contributed by atoms with Crippen LogP contribution in [0.5, 0.6) is 0 Å². The van der Waals surface area contributed by atoms with Gasteiger partial charge in [-0.3, -0.25) is 14.8 Å². The van der Waals surface area contributed by atoms with Gasteiger partial charge in [-0.15, -0.1) is 0 Å². The third-order valence-electron chi connectivity index (χ3n) is 5.60. The van der Waals surface area contributed by atoms with Crippen LogP contribution in [0.25, 0.3) is 5.57 Å². The summed E-state index contributed by atoms with van der Waals surface area (Å²) in [6, 6.07) is 15.5. The molecule has 0 saturated heterocycles. The maximum absolute atomic E-state index is 14.9. The van der Waals surface area contributed by atoms with Crippen LogP contribution in [0.1, 0.15) is 40.5 Å². The van der Waals surface area contributed by atoms with Crippen molar-refractivity contribution in [3.63, 3.8) is 0 Å². The van der Waals surface area contributed by atoms with Crippen LogP contribution >= 0.6 is 0 Å². The second-order valence-corrected chi connectivity index (χ2v) is 8.32. The molecule has 2 N–H and O–H groups in total. The quantitative estimate of drug-likeness (QED) is 0.524. The van der Waals surface area contributed by atoms with E-state index in [-0.39, 0.29) is 16.9 Å². The molecule has 0 fully saturated rings. The lowest BCUT2D eigenvalue weighted by molar-refractivity contribution is 0.0916. The van der Waals surface area contributed by atoms with Crippen molar-refractivity contribution < 1.29 is 18.7 Å². The van der Waals surface area contributed by atoms with Gasteiger partial charge >= 0.3 is 0 Å². The summed E-state index contributed by atoms with van der Waals surface area (Å²) in [6.07, 6.45) is 3.51. The van der Waals surface area contributed by atoms with Crippen LogP contribution < -0.4 is 5.32 Å². The van der Waals surface area contributed by atoms with E-state index >= 15 is 0 Å². The summed E-state index contributed by atoms with van der Waals surface area (Å²) in [7, 11) is 0. The first-order valence-electron chi connectivity index (χ1n) is 11.1. The van der Waals surface area contributed by atoms with Crippen molar-refractivity contribution in [2.24, 2.45) is 4.99 Å². The highest BCUT2D eigenvalue weighted by Crippen LogP contribution is 2.25. The molecule has 5 nitrogen and oxygen atoms in total. The lowest BCUT2D eigenvalue weighted by atomic mass is 9.98. The van der Waals surface area contributed by atoms with Gasteiger partial charge in [0.1, 0.15) is 11.6 Å². The van der Waals surface area contributed by atoms with Crippen LogP contribution in [-0.2, 0) is 6.42 Å². The molecular weight excluding hydrogens is 436 g/mol. The number of nitrogens with one attached hydrogen (secondary N) is 1. The Morgan fingerprint density at radius 2 is 1.88 bits per heavy atom. The number of hydrogen-bond acceptors (Lipinski definition) is 4. The number of aliphatic hydroxyl groups excluding tert-OH is 1. The summed E-state index contributed by atoms with van der Waals surface area (Å²) >= 11 is 0. The Kier molecular flexibility index (Phi) is 7.23. The van der Waals surface area contributed by atoms with E-state index < -0.39 is 23.9 Å². The molecule has 0 aliphatic carbocycles. The van der Waals surface area contributed by atoms with Gasteiger partial charge in [0, 0.05) is 29.9 Å². The van der Waals surface area contributed by atoms with Crippen molar-refractivity contribution in [2.45, 2.75) is 31.9 Å². The molecule has 0 bridgehead atoms. The molecule has 1 aliphatic rings. The van der Waals surface area contributed by atoms with Crippen molar-refractivity contribution in [3.8, 4) is 0 Å². The smallest absolute Gasteiger partial charge is 0.252 e. The van der Waals surface area contributed by atoms with E-state index in [4.69, 9.17) is 0 Å². The lowest BCUT2D eigenvalue weighted by Gasteiger charge is -2.21. The summed E-state index contributed by atoms with van der Waals surface area (Å²) < 4.78 is 28.2. The summed E-state index contributed by atoms with van der Waals surface area (Å²) in [4.78, 5) is 22.0. The minimum Gasteiger partial charge on any atom is -0.393 e. The Bertz CT molecular complexity index is 1220. The number of carbonyl (C=O) groups is 1. The molecule has 2 atom stereocenters. The number of pyridine rings is 1. The fourth-order valence-electron chi connectivity index (χ4n) is 4.03. The fourth-order valence-corrected chi connectivity index (χ4v) is 4.03. The zero-order chi connectivity index (χ0) is 24.1. The first kappa shape index (κ1) is 23.4. The molecule has 0 radical (unpaired) electrons. The summed E-state index contributed by atoms with van der Waals surface area (Å²) in [5, 5.41) is 12.9. The molecule has 7 heteroatoms. The topological polar surface area (TPSA) is 74.6 Å². The summed E-state index contributed by atoms with van der Waals surface area (Å²) in [6.45, 7) is 1.96. The van der Waals surface area contributed by atoms with E-state index in [2.05, 4.69) is 15.3 Å². The number of aliphatic imine (C=N–C) groups is 1.